The van der Waals surface area contributed by atoms with Crippen LogP contribution >= 0.6 is 0 Å². The van der Waals surface area contributed by atoms with E-state index in [9.17, 15) is 4.79 Å². The van der Waals surface area contributed by atoms with E-state index in [1.807, 2.05) is 0 Å². The van der Waals surface area contributed by atoms with Crippen molar-refractivity contribution in [1.29, 1.82) is 0 Å². The summed E-state index contributed by atoms with van der Waals surface area (Å²) in [5, 5.41) is 0. The summed E-state index contributed by atoms with van der Waals surface area (Å²) in [4.78, 5) is 14.8. The monoisotopic (exact) mass is 129 g/mol. The predicted octanol–water partition coefficient (Wildman–Crippen LogP) is 0.630. The molecule has 0 aliphatic rings. The highest BCUT2D eigenvalue weighted by molar-refractivity contribution is 5.71. The smallest absolute Gasteiger partial charge is 0.240 e. The fourth-order valence-corrected chi connectivity index (χ4v) is 0.295. The normalized spacial score (nSPS) is 8.56. The van der Waals surface area contributed by atoms with E-state index in [1.54, 1.807) is 6.08 Å². The maximum absolute atomic E-state index is 10.1. The molecule has 0 rings (SSSR count). The predicted molar refractivity (Wildman–Crippen MR) is 34.6 cm³/mol. The average Bonchev–Trinajstić information content (AvgIpc) is 1.80. The van der Waals surface area contributed by atoms with Gasteiger partial charge in [0.1, 0.15) is 0 Å². The van der Waals surface area contributed by atoms with Crippen LogP contribution in [0.25, 0.3) is 0 Å². The van der Waals surface area contributed by atoms with Gasteiger partial charge in [0.15, 0.2) is 0 Å². The van der Waals surface area contributed by atoms with Crippen molar-refractivity contribution in [2.45, 2.75) is 13.3 Å². The Kier molecular flexibility index (Phi) is 4.82. The lowest BCUT2D eigenvalue weighted by Gasteiger charge is -1.98. The minimum absolute atomic E-state index is 0.181. The van der Waals surface area contributed by atoms with Crippen molar-refractivity contribution in [2.24, 2.45) is 0 Å². The fourth-order valence-electron chi connectivity index (χ4n) is 0.295. The maximum Gasteiger partial charge on any atom is 0.240 e. The van der Waals surface area contributed by atoms with Gasteiger partial charge in [-0.2, -0.15) is 0 Å². The van der Waals surface area contributed by atoms with Gasteiger partial charge in [0, 0.05) is 6.92 Å². The molecule has 0 radical (unpaired) electrons. The third-order valence-corrected chi connectivity index (χ3v) is 0.640. The first-order valence-electron chi connectivity index (χ1n) is 2.76. The molecule has 0 saturated heterocycles. The summed E-state index contributed by atoms with van der Waals surface area (Å²) in [6.07, 6.45) is 2.47. The average molecular weight is 129 g/mol. The van der Waals surface area contributed by atoms with Crippen LogP contribution in [0, 0.1) is 0 Å². The topological polar surface area (TPSA) is 38.3 Å². The summed E-state index contributed by atoms with van der Waals surface area (Å²) in [6.45, 7) is 5.37. The van der Waals surface area contributed by atoms with Crippen LogP contribution in [0.15, 0.2) is 12.7 Å². The van der Waals surface area contributed by atoms with Gasteiger partial charge >= 0.3 is 0 Å². The van der Waals surface area contributed by atoms with Crippen LogP contribution in [0.2, 0.25) is 0 Å². The van der Waals surface area contributed by atoms with Gasteiger partial charge in [-0.05, 0) is 6.42 Å². The second-order valence-corrected chi connectivity index (χ2v) is 1.58. The molecule has 0 fully saturated rings. The molecule has 3 heteroatoms. The van der Waals surface area contributed by atoms with E-state index in [-0.39, 0.29) is 5.91 Å². The van der Waals surface area contributed by atoms with Crippen molar-refractivity contribution >= 4 is 5.91 Å². The molecule has 0 atom stereocenters. The Morgan fingerprint density at radius 3 is 3.00 bits per heavy atom. The van der Waals surface area contributed by atoms with Crippen LogP contribution < -0.4 is 5.48 Å². The number of hydrogen-bond donors (Lipinski definition) is 1. The van der Waals surface area contributed by atoms with Crippen LogP contribution in [0.3, 0.4) is 0 Å². The number of nitrogens with one attached hydrogen (secondary N) is 1. The van der Waals surface area contributed by atoms with Crippen molar-refractivity contribution < 1.29 is 9.63 Å². The van der Waals surface area contributed by atoms with Crippen LogP contribution in [0.5, 0.6) is 0 Å². The Morgan fingerprint density at radius 1 is 1.89 bits per heavy atom. The standard InChI is InChI=1S/C6H11NO2/c1-3-4-5-9-7-6(2)8/h3H,1,4-5H2,2H3,(H,7,8). The second-order valence-electron chi connectivity index (χ2n) is 1.58. The van der Waals surface area contributed by atoms with Crippen molar-refractivity contribution in [3.05, 3.63) is 12.7 Å². The molecule has 0 bridgehead atoms. The summed E-state index contributed by atoms with van der Waals surface area (Å²) in [5.74, 6) is -0.181. The second kappa shape index (κ2) is 5.31. The number of hydroxylamine groups is 1. The Labute approximate surface area is 54.7 Å². The van der Waals surface area contributed by atoms with E-state index in [2.05, 4.69) is 16.9 Å². The first-order valence-corrected chi connectivity index (χ1v) is 2.76. The maximum atomic E-state index is 10.1. The van der Waals surface area contributed by atoms with Crippen LogP contribution in [0.1, 0.15) is 13.3 Å². The molecular formula is C6H11NO2. The molecule has 52 valence electrons. The molecule has 0 spiro atoms. The molecular weight excluding hydrogens is 118 g/mol. The molecule has 0 heterocycles. The lowest BCUT2D eigenvalue weighted by atomic mass is 10.5. The molecule has 0 aliphatic carbocycles. The van der Waals surface area contributed by atoms with Gasteiger partial charge in [-0.15, -0.1) is 6.58 Å². The van der Waals surface area contributed by atoms with E-state index in [1.165, 1.54) is 6.92 Å². The molecule has 1 amide bonds. The summed E-state index contributed by atoms with van der Waals surface area (Å²) in [7, 11) is 0. The van der Waals surface area contributed by atoms with Crippen molar-refractivity contribution in [3.8, 4) is 0 Å². The molecule has 9 heavy (non-hydrogen) atoms. The van der Waals surface area contributed by atoms with E-state index >= 15 is 0 Å². The summed E-state index contributed by atoms with van der Waals surface area (Å²) >= 11 is 0. The summed E-state index contributed by atoms with van der Waals surface area (Å²) in [5.41, 5.74) is 2.19. The highest BCUT2D eigenvalue weighted by Gasteiger charge is 1.86. The van der Waals surface area contributed by atoms with Crippen molar-refractivity contribution in [1.82, 2.24) is 5.48 Å². The van der Waals surface area contributed by atoms with E-state index in [4.69, 9.17) is 0 Å². The Bertz CT molecular complexity index is 101. The van der Waals surface area contributed by atoms with Gasteiger partial charge in [-0.25, -0.2) is 5.48 Å². The highest BCUT2D eigenvalue weighted by atomic mass is 16.6. The third kappa shape index (κ3) is 7.17. The molecule has 0 aliphatic heterocycles. The molecule has 3 nitrogen and oxygen atoms in total. The zero-order valence-corrected chi connectivity index (χ0v) is 5.52. The van der Waals surface area contributed by atoms with Gasteiger partial charge < -0.3 is 0 Å². The van der Waals surface area contributed by atoms with Crippen molar-refractivity contribution in [2.75, 3.05) is 6.61 Å². The largest absolute Gasteiger partial charge is 0.273 e. The number of carbonyl (C=O) groups excluding carboxylic acids is 1. The summed E-state index contributed by atoms with van der Waals surface area (Å²) in [6, 6.07) is 0. The molecule has 0 unspecified atom stereocenters. The Morgan fingerprint density at radius 2 is 2.56 bits per heavy atom. The molecule has 0 aromatic heterocycles. The zero-order valence-electron chi connectivity index (χ0n) is 5.52. The molecule has 0 aromatic carbocycles. The first-order chi connectivity index (χ1) is 4.27. The number of carbonyl (C=O) groups is 1. The van der Waals surface area contributed by atoms with E-state index in [0.717, 1.165) is 6.42 Å². The van der Waals surface area contributed by atoms with Crippen molar-refractivity contribution in [3.63, 3.8) is 0 Å². The quantitative estimate of drug-likeness (QED) is 0.343. The number of amides is 1. The highest BCUT2D eigenvalue weighted by Crippen LogP contribution is 1.78. The van der Waals surface area contributed by atoms with Gasteiger partial charge in [0.25, 0.3) is 0 Å². The SMILES string of the molecule is C=CCCONC(C)=O. The molecule has 0 saturated carbocycles. The van der Waals surface area contributed by atoms with Crippen LogP contribution in [-0.2, 0) is 9.63 Å². The van der Waals surface area contributed by atoms with Gasteiger partial charge in [-0.1, -0.05) is 6.08 Å². The van der Waals surface area contributed by atoms with E-state index in [0.29, 0.717) is 6.61 Å². The minimum Gasteiger partial charge on any atom is -0.273 e. The number of rotatable bonds is 4. The van der Waals surface area contributed by atoms with E-state index < -0.39 is 0 Å². The molecule has 1 N–H and O–H groups in total. The lowest BCUT2D eigenvalue weighted by molar-refractivity contribution is -0.131. The van der Waals surface area contributed by atoms with Gasteiger partial charge in [0.2, 0.25) is 5.91 Å². The lowest BCUT2D eigenvalue weighted by Crippen LogP contribution is -2.20. The first kappa shape index (κ1) is 8.17. The zero-order chi connectivity index (χ0) is 7.11. The summed E-state index contributed by atoms with van der Waals surface area (Å²) < 4.78 is 0. The molecule has 0 aromatic rings. The Balaban J connectivity index is 2.91. The van der Waals surface area contributed by atoms with Gasteiger partial charge in [0.05, 0.1) is 6.61 Å². The van der Waals surface area contributed by atoms with Gasteiger partial charge in [-0.3, -0.25) is 9.63 Å². The van der Waals surface area contributed by atoms with Crippen LogP contribution in [0.4, 0.5) is 0 Å². The number of hydrogen-bond acceptors (Lipinski definition) is 2. The third-order valence-electron chi connectivity index (χ3n) is 0.640. The fraction of sp³-hybridized carbons (Fsp3) is 0.500. The Hall–Kier alpha value is -0.830. The van der Waals surface area contributed by atoms with Crippen LogP contribution in [-0.4, -0.2) is 12.5 Å². The minimum atomic E-state index is -0.181.